The lowest BCUT2D eigenvalue weighted by molar-refractivity contribution is 0.111. The fourth-order valence-corrected chi connectivity index (χ4v) is 1.90. The van der Waals surface area contributed by atoms with Crippen LogP contribution in [-0.4, -0.2) is 20.8 Å². The van der Waals surface area contributed by atoms with Crippen LogP contribution in [0.5, 0.6) is 0 Å². The zero-order valence-electron chi connectivity index (χ0n) is 9.98. The molecule has 0 unspecified atom stereocenters. The van der Waals surface area contributed by atoms with Gasteiger partial charge in [0.15, 0.2) is 12.1 Å². The van der Waals surface area contributed by atoms with Gasteiger partial charge in [-0.2, -0.15) is 0 Å². The zero-order valence-corrected chi connectivity index (χ0v) is 9.98. The molecule has 0 aromatic carbocycles. The summed E-state index contributed by atoms with van der Waals surface area (Å²) in [7, 11) is 1.96. The van der Waals surface area contributed by atoms with Crippen LogP contribution in [0.3, 0.4) is 0 Å². The third-order valence-electron chi connectivity index (χ3n) is 2.66. The van der Waals surface area contributed by atoms with Crippen molar-refractivity contribution in [3.05, 3.63) is 23.8 Å². The number of hydrogen-bond acceptors (Lipinski definition) is 3. The van der Waals surface area contributed by atoms with Crippen molar-refractivity contribution < 1.29 is 4.79 Å². The maximum atomic E-state index is 10.6. The van der Waals surface area contributed by atoms with Crippen LogP contribution >= 0.6 is 0 Å². The third-order valence-corrected chi connectivity index (χ3v) is 2.66. The van der Waals surface area contributed by atoms with Gasteiger partial charge in [0.2, 0.25) is 0 Å². The van der Waals surface area contributed by atoms with Crippen LogP contribution in [0.25, 0.3) is 11.0 Å². The Morgan fingerprint density at radius 2 is 2.06 bits per heavy atom. The summed E-state index contributed by atoms with van der Waals surface area (Å²) in [4.78, 5) is 18.8. The Kier molecular flexibility index (Phi) is 2.30. The highest BCUT2D eigenvalue weighted by Gasteiger charge is 2.19. The Hall–Kier alpha value is -1.71. The molecule has 0 aliphatic carbocycles. The van der Waals surface area contributed by atoms with Gasteiger partial charge in [0.05, 0.1) is 0 Å². The summed E-state index contributed by atoms with van der Waals surface area (Å²) < 4.78 is 2.02. The van der Waals surface area contributed by atoms with Crippen molar-refractivity contribution in [2.45, 2.75) is 26.2 Å². The number of carbonyl (C=O) groups excluding carboxylic acids is 1. The molecule has 0 atom stereocenters. The second-order valence-corrected chi connectivity index (χ2v) is 4.96. The molecule has 0 radical (unpaired) electrons. The molecule has 4 heteroatoms. The molecule has 0 amide bonds. The Bertz CT molecular complexity index is 549. The average molecular weight is 217 g/mol. The van der Waals surface area contributed by atoms with Crippen molar-refractivity contribution in [2.24, 2.45) is 7.05 Å². The SMILES string of the molecule is Cn1c(C(C)(C)C)cc2cnc(C=O)nc21. The lowest BCUT2D eigenvalue weighted by Crippen LogP contribution is -2.15. The number of hydrogen-bond donors (Lipinski definition) is 0. The normalized spacial score (nSPS) is 12.0. The number of aromatic nitrogens is 3. The van der Waals surface area contributed by atoms with Crippen molar-refractivity contribution >= 4 is 17.3 Å². The van der Waals surface area contributed by atoms with Crippen molar-refractivity contribution in [3.8, 4) is 0 Å². The average Bonchev–Trinajstić information content (AvgIpc) is 2.55. The number of fused-ring (bicyclic) bond motifs is 1. The molecule has 2 heterocycles. The molecule has 0 saturated heterocycles. The van der Waals surface area contributed by atoms with E-state index in [9.17, 15) is 4.79 Å². The van der Waals surface area contributed by atoms with Crippen LogP contribution in [0.2, 0.25) is 0 Å². The molecule has 4 nitrogen and oxygen atoms in total. The summed E-state index contributed by atoms with van der Waals surface area (Å²) in [5.41, 5.74) is 2.04. The molecular formula is C12H15N3O. The molecule has 0 saturated carbocycles. The van der Waals surface area contributed by atoms with Gasteiger partial charge in [0.25, 0.3) is 0 Å². The van der Waals surface area contributed by atoms with E-state index in [1.54, 1.807) is 6.20 Å². The van der Waals surface area contributed by atoms with Gasteiger partial charge in [0.1, 0.15) is 5.65 Å². The highest BCUT2D eigenvalue weighted by molar-refractivity contribution is 5.80. The van der Waals surface area contributed by atoms with Gasteiger partial charge in [-0.05, 0) is 6.07 Å². The summed E-state index contributed by atoms with van der Waals surface area (Å²) in [5.74, 6) is 0.231. The van der Waals surface area contributed by atoms with E-state index in [0.717, 1.165) is 11.0 Å². The van der Waals surface area contributed by atoms with E-state index < -0.39 is 0 Å². The van der Waals surface area contributed by atoms with Gasteiger partial charge in [-0.1, -0.05) is 20.8 Å². The molecular weight excluding hydrogens is 202 g/mol. The molecule has 0 aliphatic heterocycles. The molecule has 0 aliphatic rings. The predicted octanol–water partition coefficient (Wildman–Crippen LogP) is 2.08. The number of aldehydes is 1. The second kappa shape index (κ2) is 3.40. The Balaban J connectivity index is 2.73. The Labute approximate surface area is 94.3 Å². The first-order valence-corrected chi connectivity index (χ1v) is 5.21. The van der Waals surface area contributed by atoms with Gasteiger partial charge >= 0.3 is 0 Å². The molecule has 0 fully saturated rings. The fraction of sp³-hybridized carbons (Fsp3) is 0.417. The first-order valence-electron chi connectivity index (χ1n) is 5.21. The molecule has 84 valence electrons. The fourth-order valence-electron chi connectivity index (χ4n) is 1.90. The van der Waals surface area contributed by atoms with Gasteiger partial charge in [0, 0.05) is 29.7 Å². The maximum Gasteiger partial charge on any atom is 0.194 e. The largest absolute Gasteiger partial charge is 0.332 e. The van der Waals surface area contributed by atoms with E-state index in [-0.39, 0.29) is 11.2 Å². The maximum absolute atomic E-state index is 10.6. The van der Waals surface area contributed by atoms with Crippen LogP contribution in [0.1, 0.15) is 37.1 Å². The third kappa shape index (κ3) is 1.60. The summed E-state index contributed by atoms with van der Waals surface area (Å²) >= 11 is 0. The first kappa shape index (κ1) is 10.8. The number of rotatable bonds is 1. The Morgan fingerprint density at radius 1 is 1.38 bits per heavy atom. The van der Waals surface area contributed by atoms with E-state index in [1.165, 1.54) is 5.69 Å². The molecule has 0 bridgehead atoms. The minimum atomic E-state index is 0.0524. The molecule has 16 heavy (non-hydrogen) atoms. The van der Waals surface area contributed by atoms with Crippen LogP contribution in [0.4, 0.5) is 0 Å². The lowest BCUT2D eigenvalue weighted by Gasteiger charge is -2.19. The van der Waals surface area contributed by atoms with Crippen molar-refractivity contribution in [1.29, 1.82) is 0 Å². The van der Waals surface area contributed by atoms with Crippen molar-refractivity contribution in [3.63, 3.8) is 0 Å². The lowest BCUT2D eigenvalue weighted by atomic mass is 9.92. The topological polar surface area (TPSA) is 47.8 Å². The van der Waals surface area contributed by atoms with Crippen LogP contribution in [-0.2, 0) is 12.5 Å². The second-order valence-electron chi connectivity index (χ2n) is 4.96. The van der Waals surface area contributed by atoms with Gasteiger partial charge < -0.3 is 4.57 Å². The molecule has 2 aromatic heterocycles. The van der Waals surface area contributed by atoms with Gasteiger partial charge in [-0.15, -0.1) is 0 Å². The summed E-state index contributed by atoms with van der Waals surface area (Å²) in [5, 5.41) is 0.970. The Morgan fingerprint density at radius 3 is 2.62 bits per heavy atom. The summed E-state index contributed by atoms with van der Waals surface area (Å²) in [6.07, 6.45) is 2.37. The van der Waals surface area contributed by atoms with E-state index in [1.807, 2.05) is 11.6 Å². The quantitative estimate of drug-likeness (QED) is 0.687. The van der Waals surface area contributed by atoms with E-state index in [4.69, 9.17) is 0 Å². The molecule has 2 aromatic rings. The molecule has 0 N–H and O–H groups in total. The van der Waals surface area contributed by atoms with Gasteiger partial charge in [-0.3, -0.25) is 4.79 Å². The van der Waals surface area contributed by atoms with E-state index in [2.05, 4.69) is 36.8 Å². The minimum Gasteiger partial charge on any atom is -0.332 e. The van der Waals surface area contributed by atoms with Crippen molar-refractivity contribution in [2.75, 3.05) is 0 Å². The zero-order chi connectivity index (χ0) is 11.9. The predicted molar refractivity (Wildman–Crippen MR) is 62.6 cm³/mol. The number of nitrogens with zero attached hydrogens (tertiary/aromatic N) is 3. The van der Waals surface area contributed by atoms with Crippen LogP contribution < -0.4 is 0 Å². The first-order chi connectivity index (χ1) is 7.43. The smallest absolute Gasteiger partial charge is 0.194 e. The highest BCUT2D eigenvalue weighted by Crippen LogP contribution is 2.27. The molecule has 0 spiro atoms. The minimum absolute atomic E-state index is 0.0524. The van der Waals surface area contributed by atoms with Crippen molar-refractivity contribution in [1.82, 2.24) is 14.5 Å². The summed E-state index contributed by atoms with van der Waals surface area (Å²) in [6, 6.07) is 2.07. The monoisotopic (exact) mass is 217 g/mol. The van der Waals surface area contributed by atoms with Crippen LogP contribution in [0, 0.1) is 0 Å². The highest BCUT2D eigenvalue weighted by atomic mass is 16.1. The van der Waals surface area contributed by atoms with E-state index in [0.29, 0.717) is 6.29 Å². The standard InChI is InChI=1S/C12H15N3O/c1-12(2,3)9-5-8-6-13-10(7-16)14-11(8)15(9)4/h5-7H,1-4H3. The van der Waals surface area contributed by atoms with E-state index >= 15 is 0 Å². The molecule has 2 rings (SSSR count). The van der Waals surface area contributed by atoms with Crippen LogP contribution in [0.15, 0.2) is 12.3 Å². The summed E-state index contributed by atoms with van der Waals surface area (Å²) in [6.45, 7) is 6.44. The van der Waals surface area contributed by atoms with Gasteiger partial charge in [-0.25, -0.2) is 9.97 Å². The number of carbonyl (C=O) groups is 1. The number of aryl methyl sites for hydroxylation is 1.